The predicted molar refractivity (Wildman–Crippen MR) is 118 cm³/mol. The molecule has 0 radical (unpaired) electrons. The highest BCUT2D eigenvalue weighted by molar-refractivity contribution is 9.10. The summed E-state index contributed by atoms with van der Waals surface area (Å²) in [6.07, 6.45) is 2.99. The molecule has 1 heterocycles. The summed E-state index contributed by atoms with van der Waals surface area (Å²) in [5.41, 5.74) is 3.50. The Balaban J connectivity index is 1.77. The molecule has 2 unspecified atom stereocenters. The molecule has 164 valence electrons. The van der Waals surface area contributed by atoms with Crippen molar-refractivity contribution in [3.63, 3.8) is 0 Å². The first-order valence-electron chi connectivity index (χ1n) is 9.82. The number of benzene rings is 2. The fourth-order valence-electron chi connectivity index (χ4n) is 4.09. The molecule has 31 heavy (non-hydrogen) atoms. The Morgan fingerprint density at radius 1 is 1.26 bits per heavy atom. The average molecular weight is 508 g/mol. The summed E-state index contributed by atoms with van der Waals surface area (Å²) >= 11 is 3.32. The van der Waals surface area contributed by atoms with Crippen molar-refractivity contribution >= 4 is 26.0 Å². The zero-order chi connectivity index (χ0) is 22.2. The summed E-state index contributed by atoms with van der Waals surface area (Å²) in [6, 6.07) is 9.80. The lowest BCUT2D eigenvalue weighted by Crippen LogP contribution is -2.33. The van der Waals surface area contributed by atoms with Crippen LogP contribution >= 0.6 is 15.9 Å². The van der Waals surface area contributed by atoms with Crippen LogP contribution in [-0.4, -0.2) is 25.7 Å². The van der Waals surface area contributed by atoms with E-state index in [1.165, 1.54) is 24.3 Å². The van der Waals surface area contributed by atoms with Crippen LogP contribution in [0.15, 0.2) is 55.0 Å². The van der Waals surface area contributed by atoms with Crippen molar-refractivity contribution in [3.05, 3.63) is 74.0 Å². The first kappa shape index (κ1) is 21.8. The quantitative estimate of drug-likeness (QED) is 0.506. The SMILES string of the molecule is COc1cc(Br)ccc1S(=O)(=O)NC(c1n[nH]c(=O)o1)C(C)c1cccc2c1CCC2. The van der Waals surface area contributed by atoms with Crippen LogP contribution in [-0.2, 0) is 22.9 Å². The van der Waals surface area contributed by atoms with Crippen molar-refractivity contribution in [2.75, 3.05) is 7.11 Å². The molecule has 8 nitrogen and oxygen atoms in total. The number of halogens is 1. The second kappa shape index (κ2) is 8.60. The fraction of sp³-hybridized carbons (Fsp3) is 0.333. The number of methoxy groups -OCH3 is 1. The molecule has 2 N–H and O–H groups in total. The number of hydrogen-bond donors (Lipinski definition) is 2. The molecule has 0 saturated heterocycles. The average Bonchev–Trinajstić information content (AvgIpc) is 3.39. The highest BCUT2D eigenvalue weighted by Gasteiger charge is 2.34. The fourth-order valence-corrected chi connectivity index (χ4v) is 5.85. The summed E-state index contributed by atoms with van der Waals surface area (Å²) in [7, 11) is -2.63. The number of sulfonamides is 1. The largest absolute Gasteiger partial charge is 0.495 e. The number of fused-ring (bicyclic) bond motifs is 1. The van der Waals surface area contributed by atoms with Gasteiger partial charge in [-0.3, -0.25) is 0 Å². The van der Waals surface area contributed by atoms with E-state index in [4.69, 9.17) is 9.15 Å². The van der Waals surface area contributed by atoms with E-state index in [-0.39, 0.29) is 22.5 Å². The minimum atomic E-state index is -4.04. The van der Waals surface area contributed by atoms with Gasteiger partial charge in [0.25, 0.3) is 0 Å². The number of aromatic amines is 1. The van der Waals surface area contributed by atoms with Gasteiger partial charge in [0.05, 0.1) is 7.11 Å². The molecule has 1 aliphatic carbocycles. The standard InChI is InChI=1S/C21H22BrN3O5S/c1-12(15-7-3-5-13-6-4-8-16(13)15)19(20-23-24-21(26)30-20)25-31(27,28)18-10-9-14(22)11-17(18)29-2/h3,5,7,9-12,19,25H,4,6,8H2,1-2H3,(H,24,26). The number of rotatable bonds is 7. The summed E-state index contributed by atoms with van der Waals surface area (Å²) < 4.78 is 40.5. The summed E-state index contributed by atoms with van der Waals surface area (Å²) in [5, 5.41) is 6.15. The maximum atomic E-state index is 13.3. The highest BCUT2D eigenvalue weighted by Crippen LogP contribution is 2.37. The smallest absolute Gasteiger partial charge is 0.434 e. The molecule has 1 aromatic heterocycles. The van der Waals surface area contributed by atoms with Gasteiger partial charge in [0, 0.05) is 10.4 Å². The van der Waals surface area contributed by atoms with Gasteiger partial charge in [-0.2, -0.15) is 4.72 Å². The van der Waals surface area contributed by atoms with Gasteiger partial charge in [-0.05, 0) is 54.2 Å². The van der Waals surface area contributed by atoms with Crippen molar-refractivity contribution < 1.29 is 17.6 Å². The lowest BCUT2D eigenvalue weighted by molar-refractivity contribution is 0.378. The third kappa shape index (κ3) is 4.32. The van der Waals surface area contributed by atoms with Crippen molar-refractivity contribution in [3.8, 4) is 5.75 Å². The van der Waals surface area contributed by atoms with Crippen LogP contribution in [0, 0.1) is 0 Å². The van der Waals surface area contributed by atoms with Crippen molar-refractivity contribution in [1.82, 2.24) is 14.9 Å². The molecule has 10 heteroatoms. The second-order valence-corrected chi connectivity index (χ2v) is 10.1. The minimum absolute atomic E-state index is 0.0206. The van der Waals surface area contributed by atoms with Crippen LogP contribution in [0.1, 0.15) is 47.9 Å². The number of nitrogens with zero attached hydrogens (tertiary/aromatic N) is 1. The Labute approximate surface area is 188 Å². The molecule has 2 aromatic carbocycles. The Bertz CT molecular complexity index is 1270. The predicted octanol–water partition coefficient (Wildman–Crippen LogP) is 3.45. The van der Waals surface area contributed by atoms with E-state index in [9.17, 15) is 13.2 Å². The zero-order valence-corrected chi connectivity index (χ0v) is 19.4. The molecular formula is C21H22BrN3O5S. The molecule has 0 saturated carbocycles. The molecule has 3 aromatic rings. The van der Waals surface area contributed by atoms with E-state index >= 15 is 0 Å². The van der Waals surface area contributed by atoms with Crippen LogP contribution in [0.3, 0.4) is 0 Å². The van der Waals surface area contributed by atoms with Gasteiger partial charge in [0.15, 0.2) is 0 Å². The van der Waals surface area contributed by atoms with Gasteiger partial charge in [0.1, 0.15) is 16.7 Å². The van der Waals surface area contributed by atoms with Crippen LogP contribution < -0.4 is 15.2 Å². The molecule has 1 aliphatic rings. The number of aromatic nitrogens is 2. The number of hydrogen-bond acceptors (Lipinski definition) is 6. The van der Waals surface area contributed by atoms with E-state index in [0.717, 1.165) is 24.8 Å². The van der Waals surface area contributed by atoms with Gasteiger partial charge >= 0.3 is 5.76 Å². The molecule has 4 rings (SSSR count). The summed E-state index contributed by atoms with van der Waals surface area (Å²) in [5.74, 6) is -0.910. The topological polar surface area (TPSA) is 114 Å². The number of nitrogens with one attached hydrogen (secondary N) is 2. The first-order valence-corrected chi connectivity index (χ1v) is 12.1. The molecule has 0 aliphatic heterocycles. The monoisotopic (exact) mass is 507 g/mol. The Morgan fingerprint density at radius 3 is 2.77 bits per heavy atom. The number of aryl methyl sites for hydroxylation is 1. The third-order valence-corrected chi connectivity index (χ3v) is 7.56. The van der Waals surface area contributed by atoms with Crippen molar-refractivity contribution in [2.24, 2.45) is 0 Å². The lowest BCUT2D eigenvalue weighted by Gasteiger charge is -2.25. The van der Waals surface area contributed by atoms with Crippen LogP contribution in [0.5, 0.6) is 5.75 Å². The van der Waals surface area contributed by atoms with Gasteiger partial charge in [-0.15, -0.1) is 5.10 Å². The van der Waals surface area contributed by atoms with E-state index in [1.807, 2.05) is 19.1 Å². The van der Waals surface area contributed by atoms with Gasteiger partial charge in [-0.1, -0.05) is 41.1 Å². The van der Waals surface area contributed by atoms with Crippen LogP contribution in [0.2, 0.25) is 0 Å². The zero-order valence-electron chi connectivity index (χ0n) is 17.0. The summed E-state index contributed by atoms with van der Waals surface area (Å²) in [4.78, 5) is 11.6. The van der Waals surface area contributed by atoms with Gasteiger partial charge in [-0.25, -0.2) is 18.3 Å². The maximum absolute atomic E-state index is 13.3. The second-order valence-electron chi connectivity index (χ2n) is 7.47. The lowest BCUT2D eigenvalue weighted by atomic mass is 9.88. The molecule has 0 spiro atoms. The van der Waals surface area contributed by atoms with Gasteiger partial charge in [0.2, 0.25) is 15.9 Å². The van der Waals surface area contributed by atoms with E-state index < -0.39 is 21.8 Å². The Hall–Kier alpha value is -2.43. The van der Waals surface area contributed by atoms with E-state index in [2.05, 4.69) is 36.9 Å². The van der Waals surface area contributed by atoms with Crippen LogP contribution in [0.4, 0.5) is 0 Å². The normalized spacial score (nSPS) is 15.5. The molecule has 0 fully saturated rings. The summed E-state index contributed by atoms with van der Waals surface area (Å²) in [6.45, 7) is 1.90. The molecule has 0 bridgehead atoms. The number of ether oxygens (including phenoxy) is 1. The Morgan fingerprint density at radius 2 is 2.06 bits per heavy atom. The third-order valence-electron chi connectivity index (χ3n) is 5.59. The highest BCUT2D eigenvalue weighted by atomic mass is 79.9. The van der Waals surface area contributed by atoms with E-state index in [1.54, 1.807) is 12.1 Å². The maximum Gasteiger partial charge on any atom is 0.434 e. The van der Waals surface area contributed by atoms with E-state index in [0.29, 0.717) is 4.47 Å². The number of H-pyrrole nitrogens is 1. The minimum Gasteiger partial charge on any atom is -0.495 e. The van der Waals surface area contributed by atoms with Gasteiger partial charge < -0.3 is 9.15 Å². The van der Waals surface area contributed by atoms with Crippen molar-refractivity contribution in [2.45, 2.75) is 43.0 Å². The Kier molecular flexibility index (Phi) is 6.05. The molecule has 2 atom stereocenters. The van der Waals surface area contributed by atoms with Crippen LogP contribution in [0.25, 0.3) is 0 Å². The molecular weight excluding hydrogens is 486 g/mol. The molecule has 0 amide bonds. The first-order chi connectivity index (χ1) is 14.8. The van der Waals surface area contributed by atoms with Crippen molar-refractivity contribution in [1.29, 1.82) is 0 Å².